The third-order valence-corrected chi connectivity index (χ3v) is 2.90. The van der Waals surface area contributed by atoms with Crippen LogP contribution in [0.3, 0.4) is 0 Å². The van der Waals surface area contributed by atoms with Gasteiger partial charge in [-0.2, -0.15) is 0 Å². The molecule has 2 nitrogen and oxygen atoms in total. The van der Waals surface area contributed by atoms with E-state index in [9.17, 15) is 0 Å². The maximum absolute atomic E-state index is 4.58. The predicted molar refractivity (Wildman–Crippen MR) is 80.8 cm³/mol. The molecule has 0 spiro atoms. The van der Waals surface area contributed by atoms with E-state index in [-0.39, 0.29) is 0 Å². The van der Waals surface area contributed by atoms with Crippen LogP contribution in [-0.4, -0.2) is 4.98 Å². The molecule has 0 aliphatic rings. The van der Waals surface area contributed by atoms with Crippen LogP contribution in [0.25, 0.3) is 17.0 Å². The number of pyridine rings is 1. The van der Waals surface area contributed by atoms with E-state index in [1.165, 1.54) is 0 Å². The van der Waals surface area contributed by atoms with Crippen LogP contribution in [-0.2, 0) is 0 Å². The monoisotopic (exact) mass is 246 g/mol. The zero-order valence-corrected chi connectivity index (χ0v) is 10.5. The van der Waals surface area contributed by atoms with Gasteiger partial charge >= 0.3 is 0 Å². The number of hydrogen-bond donors (Lipinski definition) is 1. The Hall–Kier alpha value is -2.61. The van der Waals surface area contributed by atoms with E-state index in [0.29, 0.717) is 0 Å². The van der Waals surface area contributed by atoms with Gasteiger partial charge in [0.05, 0.1) is 11.2 Å². The average Bonchev–Trinajstić information content (AvgIpc) is 2.48. The summed E-state index contributed by atoms with van der Waals surface area (Å²) < 4.78 is 0. The predicted octanol–water partition coefficient (Wildman–Crippen LogP) is 4.32. The minimum atomic E-state index is 0.946. The summed E-state index contributed by atoms with van der Waals surface area (Å²) in [6.45, 7) is 0. The van der Waals surface area contributed by atoms with Crippen molar-refractivity contribution in [1.29, 1.82) is 0 Å². The lowest BCUT2D eigenvalue weighted by Crippen LogP contribution is -1.87. The first kappa shape index (κ1) is 11.5. The van der Waals surface area contributed by atoms with E-state index in [2.05, 4.69) is 22.4 Å². The summed E-state index contributed by atoms with van der Waals surface area (Å²) in [7, 11) is 0. The summed E-state index contributed by atoms with van der Waals surface area (Å²) in [4.78, 5) is 4.58. The Balaban J connectivity index is 1.78. The van der Waals surface area contributed by atoms with Gasteiger partial charge in [-0.1, -0.05) is 42.5 Å². The maximum atomic E-state index is 4.58. The fourth-order valence-corrected chi connectivity index (χ4v) is 1.93. The molecule has 92 valence electrons. The summed E-state index contributed by atoms with van der Waals surface area (Å²) in [6, 6.07) is 22.3. The van der Waals surface area contributed by atoms with Crippen LogP contribution in [0.5, 0.6) is 0 Å². The molecule has 19 heavy (non-hydrogen) atoms. The number of nitrogens with one attached hydrogen (secondary N) is 1. The highest BCUT2D eigenvalue weighted by molar-refractivity contribution is 5.79. The standard InChI is InChI=1S/C17H14N2/c1-2-7-15(8-3-1)18-13-12-16-11-10-14-6-4-5-9-17(14)19-16/h1-13,18H. The van der Waals surface area contributed by atoms with Crippen LogP contribution < -0.4 is 5.32 Å². The lowest BCUT2D eigenvalue weighted by Gasteiger charge is -2.00. The van der Waals surface area contributed by atoms with Crippen LogP contribution >= 0.6 is 0 Å². The van der Waals surface area contributed by atoms with Crippen molar-refractivity contribution in [3.63, 3.8) is 0 Å². The molecule has 2 aromatic carbocycles. The molecule has 0 radical (unpaired) electrons. The number of aromatic nitrogens is 1. The van der Waals surface area contributed by atoms with Gasteiger partial charge in [0.15, 0.2) is 0 Å². The van der Waals surface area contributed by atoms with Gasteiger partial charge in [0.1, 0.15) is 0 Å². The first-order chi connectivity index (χ1) is 9.42. The van der Waals surface area contributed by atoms with Gasteiger partial charge in [0, 0.05) is 17.3 Å². The number of hydrogen-bond acceptors (Lipinski definition) is 2. The van der Waals surface area contributed by atoms with Crippen molar-refractivity contribution in [2.75, 3.05) is 5.32 Å². The van der Waals surface area contributed by atoms with E-state index in [0.717, 1.165) is 22.3 Å². The first-order valence-corrected chi connectivity index (χ1v) is 6.26. The van der Waals surface area contributed by atoms with E-state index in [4.69, 9.17) is 0 Å². The van der Waals surface area contributed by atoms with Crippen LogP contribution in [0, 0.1) is 0 Å². The number of rotatable bonds is 3. The van der Waals surface area contributed by atoms with Gasteiger partial charge in [-0.05, 0) is 30.3 Å². The normalized spacial score (nSPS) is 10.9. The highest BCUT2D eigenvalue weighted by Gasteiger charge is 1.94. The van der Waals surface area contributed by atoms with Gasteiger partial charge in [-0.25, -0.2) is 4.98 Å². The SMILES string of the molecule is C(=Cc1ccc2ccccc2n1)Nc1ccccc1. The molecule has 0 aliphatic carbocycles. The summed E-state index contributed by atoms with van der Waals surface area (Å²) in [6.07, 6.45) is 3.88. The molecule has 1 heterocycles. The Labute approximate surface area is 112 Å². The molecular weight excluding hydrogens is 232 g/mol. The molecule has 1 N–H and O–H groups in total. The molecule has 0 fully saturated rings. The van der Waals surface area contributed by atoms with Gasteiger partial charge in [0.25, 0.3) is 0 Å². The van der Waals surface area contributed by atoms with Gasteiger partial charge in [-0.3, -0.25) is 0 Å². The second-order valence-electron chi connectivity index (χ2n) is 4.27. The molecule has 0 saturated carbocycles. The highest BCUT2D eigenvalue weighted by Crippen LogP contribution is 2.12. The van der Waals surface area contributed by atoms with Crippen molar-refractivity contribution in [2.24, 2.45) is 0 Å². The number of anilines is 1. The number of para-hydroxylation sites is 2. The quantitative estimate of drug-likeness (QED) is 0.744. The Morgan fingerprint density at radius 2 is 1.58 bits per heavy atom. The highest BCUT2D eigenvalue weighted by atomic mass is 14.8. The molecule has 1 aromatic heterocycles. The smallest absolute Gasteiger partial charge is 0.0709 e. The third-order valence-electron chi connectivity index (χ3n) is 2.90. The zero-order valence-electron chi connectivity index (χ0n) is 10.5. The van der Waals surface area contributed by atoms with Crippen molar-refractivity contribution >= 4 is 22.7 Å². The van der Waals surface area contributed by atoms with Crippen molar-refractivity contribution in [3.05, 3.63) is 78.6 Å². The minimum absolute atomic E-state index is 0.946. The number of benzene rings is 2. The lowest BCUT2D eigenvalue weighted by atomic mass is 10.2. The fraction of sp³-hybridized carbons (Fsp3) is 0. The Morgan fingerprint density at radius 1 is 0.789 bits per heavy atom. The largest absolute Gasteiger partial charge is 0.362 e. The Kier molecular flexibility index (Phi) is 3.24. The lowest BCUT2D eigenvalue weighted by molar-refractivity contribution is 1.37. The zero-order chi connectivity index (χ0) is 12.9. The molecule has 0 aliphatic heterocycles. The second-order valence-corrected chi connectivity index (χ2v) is 4.27. The number of fused-ring (bicyclic) bond motifs is 1. The van der Waals surface area contributed by atoms with Gasteiger partial charge < -0.3 is 5.32 Å². The average molecular weight is 246 g/mol. The topological polar surface area (TPSA) is 24.9 Å². The Bertz CT molecular complexity index is 703. The van der Waals surface area contributed by atoms with E-state index < -0.39 is 0 Å². The number of nitrogens with zero attached hydrogens (tertiary/aromatic N) is 1. The van der Waals surface area contributed by atoms with E-state index in [1.807, 2.05) is 66.9 Å². The molecule has 0 bridgehead atoms. The minimum Gasteiger partial charge on any atom is -0.362 e. The molecule has 2 heteroatoms. The van der Waals surface area contributed by atoms with Crippen molar-refractivity contribution in [1.82, 2.24) is 4.98 Å². The Morgan fingerprint density at radius 3 is 2.47 bits per heavy atom. The van der Waals surface area contributed by atoms with Gasteiger partial charge in [0.2, 0.25) is 0 Å². The summed E-state index contributed by atoms with van der Waals surface area (Å²) in [5.74, 6) is 0. The molecule has 0 saturated heterocycles. The molecular formula is C17H14N2. The van der Waals surface area contributed by atoms with Crippen LogP contribution in [0.15, 0.2) is 72.9 Å². The van der Waals surface area contributed by atoms with Crippen molar-refractivity contribution in [2.45, 2.75) is 0 Å². The van der Waals surface area contributed by atoms with Crippen LogP contribution in [0.2, 0.25) is 0 Å². The molecule has 3 aromatic rings. The van der Waals surface area contributed by atoms with Crippen molar-refractivity contribution in [3.8, 4) is 0 Å². The summed E-state index contributed by atoms with van der Waals surface area (Å²) >= 11 is 0. The third kappa shape index (κ3) is 2.80. The van der Waals surface area contributed by atoms with Gasteiger partial charge in [-0.15, -0.1) is 0 Å². The van der Waals surface area contributed by atoms with E-state index in [1.54, 1.807) is 0 Å². The first-order valence-electron chi connectivity index (χ1n) is 6.26. The summed E-state index contributed by atoms with van der Waals surface area (Å²) in [5, 5.41) is 4.38. The van der Waals surface area contributed by atoms with Crippen LogP contribution in [0.4, 0.5) is 5.69 Å². The molecule has 3 rings (SSSR count). The second kappa shape index (κ2) is 5.36. The fourth-order valence-electron chi connectivity index (χ4n) is 1.93. The molecule has 0 amide bonds. The molecule has 0 unspecified atom stereocenters. The summed E-state index contributed by atoms with van der Waals surface area (Å²) in [5.41, 5.74) is 3.03. The van der Waals surface area contributed by atoms with Crippen molar-refractivity contribution < 1.29 is 0 Å². The maximum Gasteiger partial charge on any atom is 0.0709 e. The van der Waals surface area contributed by atoms with E-state index >= 15 is 0 Å². The molecule has 0 atom stereocenters. The van der Waals surface area contributed by atoms with Crippen LogP contribution in [0.1, 0.15) is 5.69 Å².